The summed E-state index contributed by atoms with van der Waals surface area (Å²) < 4.78 is 1.09. The van der Waals surface area contributed by atoms with E-state index in [0.717, 1.165) is 0 Å². The van der Waals surface area contributed by atoms with Crippen LogP contribution in [-0.2, 0) is 0 Å². The molecule has 0 unspecified atom stereocenters. The van der Waals surface area contributed by atoms with Gasteiger partial charge in [-0.05, 0) is 0 Å². The number of aromatic nitrogens is 1. The molecule has 0 fully saturated rings. The summed E-state index contributed by atoms with van der Waals surface area (Å²) in [5, 5.41) is 0.335. The van der Waals surface area contributed by atoms with E-state index in [0.29, 0.717) is 13.8 Å². The molecule has 0 saturated carbocycles. The Hall–Kier alpha value is 0.560. The van der Waals surface area contributed by atoms with Crippen molar-refractivity contribution >= 4 is 47.2 Å². The minimum atomic E-state index is 0.335. The minimum absolute atomic E-state index is 0.335. The summed E-state index contributed by atoms with van der Waals surface area (Å²) in [5.41, 5.74) is 0. The first kappa shape index (κ1) is 6.68. The lowest BCUT2D eigenvalue weighted by atomic mass is 11.0. The van der Waals surface area contributed by atoms with Crippen molar-refractivity contribution in [2.24, 2.45) is 0 Å². The van der Waals surface area contributed by atoms with Gasteiger partial charge in [-0.1, -0.05) is 34.5 Å². The highest BCUT2D eigenvalue weighted by Crippen LogP contribution is 2.29. The van der Waals surface area contributed by atoms with E-state index in [1.165, 1.54) is 11.3 Å². The van der Waals surface area contributed by atoms with Crippen molar-refractivity contribution in [3.8, 4) is 0 Å². The third-order valence-corrected chi connectivity index (χ3v) is 2.45. The molecule has 0 spiro atoms. The van der Waals surface area contributed by atoms with Crippen LogP contribution in [0.5, 0.6) is 0 Å². The lowest BCUT2D eigenvalue weighted by Gasteiger charge is -1.71. The van der Waals surface area contributed by atoms with E-state index >= 15 is 0 Å². The van der Waals surface area contributed by atoms with Crippen LogP contribution >= 0.6 is 47.2 Å². The van der Waals surface area contributed by atoms with Gasteiger partial charge >= 0.3 is 0 Å². The summed E-state index contributed by atoms with van der Waals surface area (Å²) >= 11 is 16.1. The van der Waals surface area contributed by atoms with Gasteiger partial charge < -0.3 is 0 Å². The number of halogens is 2. The zero-order valence-electron chi connectivity index (χ0n) is 3.56. The molecule has 0 bridgehead atoms. The van der Waals surface area contributed by atoms with Crippen LogP contribution in [0, 0.1) is 0 Å². The fraction of sp³-hybridized carbons (Fsp3) is 0. The Balaban J connectivity index is 3.14. The van der Waals surface area contributed by atoms with Gasteiger partial charge in [-0.2, -0.15) is 0 Å². The lowest BCUT2D eigenvalue weighted by Crippen LogP contribution is -1.58. The molecule has 0 N–H and O–H groups in total. The summed E-state index contributed by atoms with van der Waals surface area (Å²) in [6.45, 7) is 0. The van der Waals surface area contributed by atoms with E-state index in [-0.39, 0.29) is 0 Å². The monoisotopic (exact) mass is 185 g/mol. The number of nitrogens with zero attached hydrogens (tertiary/aromatic N) is 1. The molecule has 0 aromatic carbocycles. The summed E-state index contributed by atoms with van der Waals surface area (Å²) in [7, 11) is 0. The predicted molar refractivity (Wildman–Crippen MR) is 39.4 cm³/mol. The lowest BCUT2D eigenvalue weighted by molar-refractivity contribution is 1.26. The Bertz CT molecular complexity index is 178. The third-order valence-electron chi connectivity index (χ3n) is 0.537. The van der Waals surface area contributed by atoms with E-state index in [1.54, 1.807) is 0 Å². The smallest absolute Gasteiger partial charge is 0.160 e. The van der Waals surface area contributed by atoms with Gasteiger partial charge in [0.25, 0.3) is 0 Å². The molecule has 8 heavy (non-hydrogen) atoms. The number of hydrogen-bond acceptors (Lipinski definition) is 3. The number of thiol groups is 1. The van der Waals surface area contributed by atoms with E-state index in [9.17, 15) is 0 Å². The summed E-state index contributed by atoms with van der Waals surface area (Å²) in [4.78, 5) is 3.73. The second kappa shape index (κ2) is 2.43. The SMILES string of the molecule is Sc1nc(Cl)c(Cl)s1. The normalized spacial score (nSPS) is 9.88. The van der Waals surface area contributed by atoms with E-state index < -0.39 is 0 Å². The molecule has 0 radical (unpaired) electrons. The zero-order chi connectivity index (χ0) is 6.15. The first-order valence-electron chi connectivity index (χ1n) is 1.71. The number of rotatable bonds is 0. The van der Waals surface area contributed by atoms with Crippen LogP contribution in [0.1, 0.15) is 0 Å². The second-order valence-electron chi connectivity index (χ2n) is 1.06. The Morgan fingerprint density at radius 3 is 2.25 bits per heavy atom. The van der Waals surface area contributed by atoms with Gasteiger partial charge in [-0.15, -0.1) is 12.6 Å². The average Bonchev–Trinajstić information content (AvgIpc) is 1.85. The van der Waals surface area contributed by atoms with Crippen LogP contribution in [0.15, 0.2) is 4.34 Å². The Morgan fingerprint density at radius 2 is 2.12 bits per heavy atom. The predicted octanol–water partition coefficient (Wildman–Crippen LogP) is 2.74. The van der Waals surface area contributed by atoms with E-state index in [4.69, 9.17) is 23.2 Å². The second-order valence-corrected chi connectivity index (χ2v) is 3.75. The molecular formula is C3HCl2NS2. The fourth-order valence-corrected chi connectivity index (χ4v) is 1.81. The molecule has 0 aliphatic rings. The van der Waals surface area contributed by atoms with Crippen LogP contribution < -0.4 is 0 Å². The molecule has 0 atom stereocenters. The van der Waals surface area contributed by atoms with Gasteiger partial charge in [0.1, 0.15) is 8.68 Å². The summed E-state index contributed by atoms with van der Waals surface area (Å²) in [6, 6.07) is 0. The summed E-state index contributed by atoms with van der Waals surface area (Å²) in [6.07, 6.45) is 0. The molecule has 0 amide bonds. The maximum absolute atomic E-state index is 5.50. The highest BCUT2D eigenvalue weighted by atomic mass is 35.5. The Labute approximate surface area is 66.1 Å². The molecular weight excluding hydrogens is 185 g/mol. The van der Waals surface area contributed by atoms with Crippen molar-refractivity contribution in [2.45, 2.75) is 4.34 Å². The quantitative estimate of drug-likeness (QED) is 0.614. The van der Waals surface area contributed by atoms with Crippen LogP contribution in [0.3, 0.4) is 0 Å². The molecule has 0 saturated heterocycles. The topological polar surface area (TPSA) is 12.9 Å². The Kier molecular flexibility index (Phi) is 2.03. The van der Waals surface area contributed by atoms with Crippen molar-refractivity contribution < 1.29 is 0 Å². The molecule has 0 aliphatic heterocycles. The van der Waals surface area contributed by atoms with Crippen LogP contribution in [0.25, 0.3) is 0 Å². The highest BCUT2D eigenvalue weighted by molar-refractivity contribution is 7.82. The number of hydrogen-bond donors (Lipinski definition) is 1. The molecule has 1 aromatic heterocycles. The van der Waals surface area contributed by atoms with Gasteiger partial charge in [-0.3, -0.25) is 0 Å². The van der Waals surface area contributed by atoms with Crippen molar-refractivity contribution in [1.29, 1.82) is 0 Å². The molecule has 0 aliphatic carbocycles. The molecule has 1 aromatic rings. The molecule has 1 nitrogen and oxygen atoms in total. The van der Waals surface area contributed by atoms with Gasteiger partial charge in [0, 0.05) is 0 Å². The summed E-state index contributed by atoms with van der Waals surface area (Å²) in [5.74, 6) is 0. The maximum Gasteiger partial charge on any atom is 0.160 e. The maximum atomic E-state index is 5.50. The van der Waals surface area contributed by atoms with Crippen LogP contribution in [-0.4, -0.2) is 4.98 Å². The van der Waals surface area contributed by atoms with E-state index in [1.807, 2.05) is 0 Å². The van der Waals surface area contributed by atoms with Crippen molar-refractivity contribution in [3.05, 3.63) is 9.49 Å². The van der Waals surface area contributed by atoms with Crippen molar-refractivity contribution in [3.63, 3.8) is 0 Å². The van der Waals surface area contributed by atoms with Crippen molar-refractivity contribution in [2.75, 3.05) is 0 Å². The molecule has 44 valence electrons. The largest absolute Gasteiger partial charge is 0.217 e. The minimum Gasteiger partial charge on any atom is -0.217 e. The van der Waals surface area contributed by atoms with E-state index in [2.05, 4.69) is 17.6 Å². The zero-order valence-corrected chi connectivity index (χ0v) is 6.78. The van der Waals surface area contributed by atoms with Crippen molar-refractivity contribution in [1.82, 2.24) is 4.98 Å². The Morgan fingerprint density at radius 1 is 1.50 bits per heavy atom. The highest BCUT2D eigenvalue weighted by Gasteiger charge is 2.01. The first-order valence-corrected chi connectivity index (χ1v) is 3.73. The molecule has 1 heterocycles. The molecule has 1 rings (SSSR count). The van der Waals surface area contributed by atoms with Gasteiger partial charge in [0.2, 0.25) is 0 Å². The average molecular weight is 186 g/mol. The van der Waals surface area contributed by atoms with Gasteiger partial charge in [-0.25, -0.2) is 4.98 Å². The number of thiazole rings is 1. The fourth-order valence-electron chi connectivity index (χ4n) is 0.273. The standard InChI is InChI=1S/C3HCl2NS2/c4-1-2(5)8-3(7)6-1/h(H,6,7). The van der Waals surface area contributed by atoms with Crippen LogP contribution in [0.4, 0.5) is 0 Å². The van der Waals surface area contributed by atoms with Gasteiger partial charge in [0.05, 0.1) is 0 Å². The third kappa shape index (κ3) is 1.29. The molecule has 5 heteroatoms. The first-order chi connectivity index (χ1) is 3.70. The van der Waals surface area contributed by atoms with Gasteiger partial charge in [0.15, 0.2) is 5.15 Å². The van der Waals surface area contributed by atoms with Crippen LogP contribution in [0.2, 0.25) is 9.49 Å².